The summed E-state index contributed by atoms with van der Waals surface area (Å²) < 4.78 is 0. The van der Waals surface area contributed by atoms with Gasteiger partial charge in [0.1, 0.15) is 5.60 Å². The van der Waals surface area contributed by atoms with Gasteiger partial charge in [-0.3, -0.25) is 4.79 Å². The Morgan fingerprint density at radius 3 is 2.70 bits per heavy atom. The van der Waals surface area contributed by atoms with Crippen LogP contribution in [-0.4, -0.2) is 34.6 Å². The molecule has 1 heterocycles. The number of likely N-dealkylation sites (tertiary alicyclic amines) is 1. The van der Waals surface area contributed by atoms with Crippen LogP contribution in [0.25, 0.3) is 0 Å². The van der Waals surface area contributed by atoms with Crippen LogP contribution in [0.2, 0.25) is 0 Å². The summed E-state index contributed by atoms with van der Waals surface area (Å²) in [4.78, 5) is 14.0. The Morgan fingerprint density at radius 1 is 1.30 bits per heavy atom. The molecule has 0 radical (unpaired) electrons. The van der Waals surface area contributed by atoms with E-state index in [1.54, 1.807) is 4.90 Å². The quantitative estimate of drug-likeness (QED) is 0.914. The summed E-state index contributed by atoms with van der Waals surface area (Å²) in [6, 6.07) is 6.44. The number of rotatable bonds is 3. The monoisotopic (exact) mass is 273 g/mol. The second-order valence-corrected chi connectivity index (χ2v) is 6.64. The van der Waals surface area contributed by atoms with Crippen LogP contribution in [0.5, 0.6) is 0 Å². The molecule has 0 bridgehead atoms. The van der Waals surface area contributed by atoms with Crippen molar-refractivity contribution >= 4 is 5.91 Å². The largest absolute Gasteiger partial charge is 0.386 e. The van der Waals surface area contributed by atoms with Gasteiger partial charge >= 0.3 is 0 Å². The lowest BCUT2D eigenvalue weighted by Gasteiger charge is -2.49. The Balaban J connectivity index is 1.61. The first-order valence-electron chi connectivity index (χ1n) is 7.59. The minimum Gasteiger partial charge on any atom is -0.386 e. The Hall–Kier alpha value is -1.35. The molecule has 1 aromatic rings. The third kappa shape index (κ3) is 2.35. The van der Waals surface area contributed by atoms with Crippen LogP contribution in [0, 0.1) is 5.92 Å². The third-order valence-corrected chi connectivity index (χ3v) is 4.87. The van der Waals surface area contributed by atoms with Crippen LogP contribution in [-0.2, 0) is 24.1 Å². The van der Waals surface area contributed by atoms with Crippen molar-refractivity contribution < 1.29 is 9.90 Å². The number of fused-ring (bicyclic) bond motifs is 1. The van der Waals surface area contributed by atoms with Crippen LogP contribution in [0.15, 0.2) is 18.2 Å². The number of hydrogen-bond acceptors (Lipinski definition) is 2. The highest BCUT2D eigenvalue weighted by Gasteiger charge is 2.45. The summed E-state index contributed by atoms with van der Waals surface area (Å²) >= 11 is 0. The number of β-amino-alcohol motifs (C(OH)–C–C–N with tert-alkyl or cyclic N) is 1. The molecule has 0 atom stereocenters. The van der Waals surface area contributed by atoms with Crippen molar-refractivity contribution in [3.8, 4) is 0 Å². The van der Waals surface area contributed by atoms with Gasteiger partial charge in [-0.25, -0.2) is 0 Å². The van der Waals surface area contributed by atoms with Gasteiger partial charge in [0.25, 0.3) is 0 Å². The van der Waals surface area contributed by atoms with Crippen molar-refractivity contribution in [1.82, 2.24) is 4.90 Å². The van der Waals surface area contributed by atoms with Gasteiger partial charge in [0.2, 0.25) is 5.91 Å². The van der Waals surface area contributed by atoms with Gasteiger partial charge in [0.05, 0.1) is 19.5 Å². The highest BCUT2D eigenvalue weighted by atomic mass is 16.3. The lowest BCUT2D eigenvalue weighted by molar-refractivity contribution is -0.163. The predicted octanol–water partition coefficient (Wildman–Crippen LogP) is 1.95. The molecule has 108 valence electrons. The molecule has 2 aliphatic rings. The van der Waals surface area contributed by atoms with Gasteiger partial charge in [0.15, 0.2) is 0 Å². The smallest absolute Gasteiger partial charge is 0.227 e. The maximum Gasteiger partial charge on any atom is 0.227 e. The van der Waals surface area contributed by atoms with E-state index in [4.69, 9.17) is 0 Å². The highest BCUT2D eigenvalue weighted by Crippen LogP contribution is 2.29. The maximum absolute atomic E-state index is 12.2. The van der Waals surface area contributed by atoms with Gasteiger partial charge in [-0.05, 0) is 41.9 Å². The molecule has 0 saturated carbocycles. The zero-order valence-corrected chi connectivity index (χ0v) is 12.4. The van der Waals surface area contributed by atoms with E-state index in [9.17, 15) is 9.90 Å². The van der Waals surface area contributed by atoms with Crippen LogP contribution in [0.4, 0.5) is 0 Å². The van der Waals surface area contributed by atoms with E-state index < -0.39 is 5.60 Å². The molecule has 1 N–H and O–H groups in total. The summed E-state index contributed by atoms with van der Waals surface area (Å²) in [7, 11) is 0. The SMILES string of the molecule is CC(C)C1(O)CN(C(=O)Cc2ccc3c(c2)CCC3)C1. The van der Waals surface area contributed by atoms with Crippen LogP contribution >= 0.6 is 0 Å². The van der Waals surface area contributed by atoms with E-state index in [1.165, 1.54) is 24.0 Å². The molecule has 0 aromatic heterocycles. The normalized spacial score (nSPS) is 19.9. The van der Waals surface area contributed by atoms with Crippen LogP contribution in [0.1, 0.15) is 37.0 Å². The predicted molar refractivity (Wildman–Crippen MR) is 78.5 cm³/mol. The lowest BCUT2D eigenvalue weighted by Crippen LogP contribution is -2.66. The molecule has 3 rings (SSSR count). The van der Waals surface area contributed by atoms with Gasteiger partial charge in [-0.2, -0.15) is 0 Å². The molecule has 3 heteroatoms. The van der Waals surface area contributed by atoms with Crippen molar-refractivity contribution in [1.29, 1.82) is 0 Å². The number of aliphatic hydroxyl groups is 1. The molecule has 1 amide bonds. The van der Waals surface area contributed by atoms with Crippen molar-refractivity contribution in [2.75, 3.05) is 13.1 Å². The number of amides is 1. The van der Waals surface area contributed by atoms with E-state index in [1.807, 2.05) is 13.8 Å². The standard InChI is InChI=1S/C17H23NO2/c1-12(2)17(20)10-18(11-17)16(19)9-13-6-7-14-4-3-5-15(14)8-13/h6-8,12,20H,3-5,9-11H2,1-2H3. The first kappa shape index (κ1) is 13.6. The Bertz CT molecular complexity index is 530. The van der Waals surface area contributed by atoms with E-state index >= 15 is 0 Å². The Kier molecular flexibility index (Phi) is 3.33. The first-order valence-corrected chi connectivity index (χ1v) is 7.59. The van der Waals surface area contributed by atoms with Crippen LogP contribution in [0.3, 0.4) is 0 Å². The molecular weight excluding hydrogens is 250 g/mol. The number of carbonyl (C=O) groups is 1. The number of aryl methyl sites for hydroxylation is 2. The van der Waals surface area contributed by atoms with Crippen molar-refractivity contribution in [3.63, 3.8) is 0 Å². The molecule has 1 aromatic carbocycles. The summed E-state index contributed by atoms with van der Waals surface area (Å²) in [5, 5.41) is 10.2. The Labute approximate surface area is 120 Å². The van der Waals surface area contributed by atoms with E-state index in [-0.39, 0.29) is 11.8 Å². The minimum absolute atomic E-state index is 0.133. The van der Waals surface area contributed by atoms with Gasteiger partial charge < -0.3 is 10.0 Å². The fraction of sp³-hybridized carbons (Fsp3) is 0.588. The summed E-state index contributed by atoms with van der Waals surface area (Å²) in [5.41, 5.74) is 3.29. The lowest BCUT2D eigenvalue weighted by atomic mass is 9.82. The average molecular weight is 273 g/mol. The van der Waals surface area contributed by atoms with Gasteiger partial charge in [-0.1, -0.05) is 32.0 Å². The van der Waals surface area contributed by atoms with Gasteiger partial charge in [-0.15, -0.1) is 0 Å². The number of carbonyl (C=O) groups excluding carboxylic acids is 1. The number of nitrogens with zero attached hydrogens (tertiary/aromatic N) is 1. The fourth-order valence-corrected chi connectivity index (χ4v) is 3.18. The molecule has 1 aliphatic heterocycles. The van der Waals surface area contributed by atoms with Crippen molar-refractivity contribution in [3.05, 3.63) is 34.9 Å². The first-order chi connectivity index (χ1) is 9.48. The zero-order chi connectivity index (χ0) is 14.3. The molecule has 1 aliphatic carbocycles. The molecule has 0 unspecified atom stereocenters. The summed E-state index contributed by atoms with van der Waals surface area (Å²) in [6.45, 7) is 4.97. The fourth-order valence-electron chi connectivity index (χ4n) is 3.18. The van der Waals surface area contributed by atoms with E-state index in [0.29, 0.717) is 19.5 Å². The minimum atomic E-state index is -0.673. The molecule has 1 fully saturated rings. The average Bonchev–Trinajstić information content (AvgIpc) is 2.81. The summed E-state index contributed by atoms with van der Waals surface area (Å²) in [5.74, 6) is 0.333. The van der Waals surface area contributed by atoms with Crippen molar-refractivity contribution in [2.24, 2.45) is 5.92 Å². The topological polar surface area (TPSA) is 40.5 Å². The van der Waals surface area contributed by atoms with Crippen LogP contribution < -0.4 is 0 Å². The molecule has 20 heavy (non-hydrogen) atoms. The molecule has 1 saturated heterocycles. The molecular formula is C17H23NO2. The number of hydrogen-bond donors (Lipinski definition) is 1. The van der Waals surface area contributed by atoms with E-state index in [0.717, 1.165) is 12.0 Å². The third-order valence-electron chi connectivity index (χ3n) is 4.87. The second kappa shape index (κ2) is 4.88. The van der Waals surface area contributed by atoms with Gasteiger partial charge in [0, 0.05) is 0 Å². The molecule has 0 spiro atoms. The Morgan fingerprint density at radius 2 is 2.00 bits per heavy atom. The highest BCUT2D eigenvalue weighted by molar-refractivity contribution is 5.80. The number of benzene rings is 1. The maximum atomic E-state index is 12.2. The van der Waals surface area contributed by atoms with E-state index in [2.05, 4.69) is 18.2 Å². The summed E-state index contributed by atoms with van der Waals surface area (Å²) in [6.07, 6.45) is 4.02. The second-order valence-electron chi connectivity index (χ2n) is 6.64. The zero-order valence-electron chi connectivity index (χ0n) is 12.4. The van der Waals surface area contributed by atoms with Crippen molar-refractivity contribution in [2.45, 2.75) is 45.1 Å². The molecule has 3 nitrogen and oxygen atoms in total.